The molecule has 4 nitrogen and oxygen atoms in total. The molecule has 0 bridgehead atoms. The topological polar surface area (TPSA) is 47.8 Å². The maximum absolute atomic E-state index is 11.4. The summed E-state index contributed by atoms with van der Waals surface area (Å²) in [6, 6.07) is 3.47. The highest BCUT2D eigenvalue weighted by Crippen LogP contribution is 2.04. The highest BCUT2D eigenvalue weighted by Gasteiger charge is 2.03. The minimum Gasteiger partial charge on any atom is -0.317 e. The number of hydrogen-bond acceptors (Lipinski definition) is 3. The normalized spacial score (nSPS) is 10.6. The smallest absolute Gasteiger partial charge is 0.282 e. The van der Waals surface area contributed by atoms with Gasteiger partial charge in [0.15, 0.2) is 0 Å². The zero-order chi connectivity index (χ0) is 9.42. The predicted molar refractivity (Wildman–Crippen MR) is 49.5 cm³/mol. The molecule has 0 aliphatic rings. The maximum Gasteiger partial charge on any atom is 0.282 e. The lowest BCUT2D eigenvalue weighted by atomic mass is 10.3. The summed E-state index contributed by atoms with van der Waals surface area (Å²) >= 11 is 0. The van der Waals surface area contributed by atoms with Crippen molar-refractivity contribution < 1.29 is 0 Å². The van der Waals surface area contributed by atoms with Crippen LogP contribution in [0.25, 0.3) is 11.0 Å². The third kappa shape index (κ3) is 1.11. The highest BCUT2D eigenvalue weighted by atomic mass is 16.1. The van der Waals surface area contributed by atoms with E-state index in [0.29, 0.717) is 16.9 Å². The van der Waals surface area contributed by atoms with Gasteiger partial charge in [0, 0.05) is 13.2 Å². The van der Waals surface area contributed by atoms with Gasteiger partial charge in [-0.3, -0.25) is 4.79 Å². The second-order valence-corrected chi connectivity index (χ2v) is 2.90. The van der Waals surface area contributed by atoms with Crippen molar-refractivity contribution in [1.29, 1.82) is 0 Å². The van der Waals surface area contributed by atoms with Crippen molar-refractivity contribution in [2.24, 2.45) is 7.05 Å². The molecule has 0 spiro atoms. The van der Waals surface area contributed by atoms with E-state index in [0.717, 1.165) is 0 Å². The van der Waals surface area contributed by atoms with Gasteiger partial charge in [-0.2, -0.15) is 4.98 Å². The molecule has 0 amide bonds. The van der Waals surface area contributed by atoms with Crippen molar-refractivity contribution in [1.82, 2.24) is 14.5 Å². The monoisotopic (exact) mass is 175 g/mol. The second kappa shape index (κ2) is 2.65. The minimum atomic E-state index is -0.210. The summed E-state index contributed by atoms with van der Waals surface area (Å²) in [4.78, 5) is 19.4. The van der Waals surface area contributed by atoms with Gasteiger partial charge in [-0.15, -0.1) is 0 Å². The number of fused-ring (bicyclic) bond motifs is 1. The van der Waals surface area contributed by atoms with Gasteiger partial charge < -0.3 is 4.57 Å². The van der Waals surface area contributed by atoms with E-state index in [1.54, 1.807) is 29.8 Å². The Morgan fingerprint density at radius 1 is 1.46 bits per heavy atom. The fourth-order valence-electron chi connectivity index (χ4n) is 1.27. The van der Waals surface area contributed by atoms with Crippen LogP contribution in [0.4, 0.5) is 0 Å². The molecule has 0 aliphatic carbocycles. The fraction of sp³-hybridized carbons (Fsp3) is 0.222. The number of aromatic nitrogens is 3. The molecule has 0 atom stereocenters. The predicted octanol–water partition coefficient (Wildman–Crippen LogP) is 0.637. The van der Waals surface area contributed by atoms with Crippen molar-refractivity contribution in [2.75, 3.05) is 0 Å². The van der Waals surface area contributed by atoms with Crippen LogP contribution >= 0.6 is 0 Å². The lowest BCUT2D eigenvalue weighted by Crippen LogP contribution is -2.15. The first-order valence-electron chi connectivity index (χ1n) is 3.98. The van der Waals surface area contributed by atoms with Gasteiger partial charge in [-0.1, -0.05) is 0 Å². The molecule has 0 saturated heterocycles. The van der Waals surface area contributed by atoms with Crippen LogP contribution in [0.15, 0.2) is 23.1 Å². The van der Waals surface area contributed by atoms with Crippen LogP contribution in [0.3, 0.4) is 0 Å². The van der Waals surface area contributed by atoms with Crippen LogP contribution < -0.4 is 5.56 Å². The van der Waals surface area contributed by atoms with Crippen LogP contribution in [0.1, 0.15) is 5.82 Å². The van der Waals surface area contributed by atoms with Gasteiger partial charge in [-0.25, -0.2) is 4.98 Å². The summed E-state index contributed by atoms with van der Waals surface area (Å²) < 4.78 is 1.80. The molecule has 0 aliphatic heterocycles. The van der Waals surface area contributed by atoms with Gasteiger partial charge in [0.05, 0.1) is 5.39 Å². The van der Waals surface area contributed by atoms with E-state index in [9.17, 15) is 4.79 Å². The van der Waals surface area contributed by atoms with E-state index in [4.69, 9.17) is 0 Å². The molecule has 0 aromatic carbocycles. The third-order valence-corrected chi connectivity index (χ3v) is 2.08. The number of pyridine rings is 1. The lowest BCUT2D eigenvalue weighted by Gasteiger charge is -2.05. The van der Waals surface area contributed by atoms with Crippen LogP contribution in [-0.2, 0) is 7.05 Å². The van der Waals surface area contributed by atoms with Gasteiger partial charge in [0.1, 0.15) is 11.5 Å². The van der Waals surface area contributed by atoms with E-state index in [1.165, 1.54) is 0 Å². The average molecular weight is 175 g/mol. The fourth-order valence-corrected chi connectivity index (χ4v) is 1.27. The number of rotatable bonds is 0. The third-order valence-electron chi connectivity index (χ3n) is 2.08. The van der Waals surface area contributed by atoms with Crippen molar-refractivity contribution in [2.45, 2.75) is 6.92 Å². The van der Waals surface area contributed by atoms with Gasteiger partial charge in [0.25, 0.3) is 5.56 Å². The Hall–Kier alpha value is -1.71. The van der Waals surface area contributed by atoms with E-state index < -0.39 is 0 Å². The Morgan fingerprint density at radius 3 is 3.00 bits per heavy atom. The first-order chi connectivity index (χ1) is 6.20. The standard InChI is InChI=1S/C9H9N3O/c1-6-11-9(13)7-4-3-5-10-8(7)12(6)2/h3-5H,1-2H3. The van der Waals surface area contributed by atoms with Crippen LogP contribution in [0, 0.1) is 6.92 Å². The first-order valence-corrected chi connectivity index (χ1v) is 3.98. The molecule has 66 valence electrons. The van der Waals surface area contributed by atoms with Gasteiger partial charge >= 0.3 is 0 Å². The van der Waals surface area contributed by atoms with Crippen molar-refractivity contribution in [3.63, 3.8) is 0 Å². The molecule has 13 heavy (non-hydrogen) atoms. The molecule has 4 heteroatoms. The van der Waals surface area contributed by atoms with Crippen molar-refractivity contribution in [3.05, 3.63) is 34.5 Å². The average Bonchev–Trinajstić information content (AvgIpc) is 2.15. The van der Waals surface area contributed by atoms with E-state index in [2.05, 4.69) is 9.97 Å². The Morgan fingerprint density at radius 2 is 2.23 bits per heavy atom. The van der Waals surface area contributed by atoms with Crippen molar-refractivity contribution >= 4 is 11.0 Å². The molecule has 0 saturated carbocycles. The first kappa shape index (κ1) is 7.91. The summed E-state index contributed by atoms with van der Waals surface area (Å²) in [5.74, 6) is 0.677. The summed E-state index contributed by atoms with van der Waals surface area (Å²) in [5.41, 5.74) is 0.471. The molecule has 0 N–H and O–H groups in total. The minimum absolute atomic E-state index is 0.210. The molecule has 0 radical (unpaired) electrons. The Labute approximate surface area is 74.9 Å². The van der Waals surface area contributed by atoms with E-state index in [-0.39, 0.29) is 5.56 Å². The van der Waals surface area contributed by atoms with Crippen molar-refractivity contribution in [3.8, 4) is 0 Å². The van der Waals surface area contributed by atoms with Crippen LogP contribution in [0.2, 0.25) is 0 Å². The largest absolute Gasteiger partial charge is 0.317 e. The summed E-state index contributed by atoms with van der Waals surface area (Å²) in [5, 5.41) is 0.565. The molecule has 2 aromatic rings. The zero-order valence-electron chi connectivity index (χ0n) is 7.48. The zero-order valence-corrected chi connectivity index (χ0v) is 7.48. The summed E-state index contributed by atoms with van der Waals surface area (Å²) in [7, 11) is 1.84. The second-order valence-electron chi connectivity index (χ2n) is 2.90. The van der Waals surface area contributed by atoms with E-state index in [1.807, 2.05) is 7.05 Å². The molecule has 2 aromatic heterocycles. The molecule has 0 fully saturated rings. The van der Waals surface area contributed by atoms with Crippen LogP contribution in [-0.4, -0.2) is 14.5 Å². The van der Waals surface area contributed by atoms with Gasteiger partial charge in [0.2, 0.25) is 0 Å². The number of aryl methyl sites for hydroxylation is 2. The SMILES string of the molecule is Cc1nc(=O)c2cccnc2n1C. The Balaban J connectivity index is 3.06. The Bertz CT molecular complexity index is 516. The molecular weight excluding hydrogens is 166 g/mol. The molecule has 2 rings (SSSR count). The van der Waals surface area contributed by atoms with Crippen LogP contribution in [0.5, 0.6) is 0 Å². The molecule has 2 heterocycles. The summed E-state index contributed by atoms with van der Waals surface area (Å²) in [6.45, 7) is 1.79. The lowest BCUT2D eigenvalue weighted by molar-refractivity contribution is 0.826. The summed E-state index contributed by atoms with van der Waals surface area (Å²) in [6.07, 6.45) is 1.67. The Kier molecular flexibility index (Phi) is 1.62. The van der Waals surface area contributed by atoms with E-state index >= 15 is 0 Å². The molecular formula is C9H9N3O. The highest BCUT2D eigenvalue weighted by molar-refractivity contribution is 5.73. The number of hydrogen-bond donors (Lipinski definition) is 0. The molecule has 0 unspecified atom stereocenters. The maximum atomic E-state index is 11.4. The van der Waals surface area contributed by atoms with Gasteiger partial charge in [-0.05, 0) is 19.1 Å². The quantitative estimate of drug-likeness (QED) is 0.590. The number of nitrogens with zero attached hydrogens (tertiary/aromatic N) is 3.